The van der Waals surface area contributed by atoms with Crippen molar-refractivity contribution >= 4 is 23.2 Å². The highest BCUT2D eigenvalue weighted by molar-refractivity contribution is 6.45. The van der Waals surface area contributed by atoms with Crippen LogP contribution in [0.15, 0.2) is 39.7 Å². The molecule has 0 aliphatic heterocycles. The Balaban J connectivity index is 2.99. The van der Waals surface area contributed by atoms with E-state index in [1.807, 2.05) is 26.0 Å². The minimum Gasteiger partial charge on any atom is -0.472 e. The molecule has 0 radical (unpaired) electrons. The van der Waals surface area contributed by atoms with Gasteiger partial charge in [-0.2, -0.15) is 0 Å². The number of ether oxygens (including phenoxy) is 1. The summed E-state index contributed by atoms with van der Waals surface area (Å²) in [5.41, 5.74) is 1.85. The predicted octanol–water partition coefficient (Wildman–Crippen LogP) is 2.06. The molecule has 0 aliphatic carbocycles. The quantitative estimate of drug-likeness (QED) is 0.402. The Kier molecular flexibility index (Phi) is 9.35. The molecule has 9 heteroatoms. The summed E-state index contributed by atoms with van der Waals surface area (Å²) in [5, 5.41) is 14.1. The second kappa shape index (κ2) is 11.5. The Morgan fingerprint density at radius 2 is 1.78 bits per heavy atom. The molecule has 0 aliphatic rings. The van der Waals surface area contributed by atoms with E-state index in [0.29, 0.717) is 16.8 Å². The van der Waals surface area contributed by atoms with E-state index in [9.17, 15) is 4.79 Å². The normalized spacial score (nSPS) is 12.6. The van der Waals surface area contributed by atoms with Crippen molar-refractivity contribution < 1.29 is 24.0 Å². The summed E-state index contributed by atoms with van der Waals surface area (Å²) in [6.45, 7) is 5.53. The second-order valence-corrected chi connectivity index (χ2v) is 5.55. The number of amides is 1. The minimum absolute atomic E-state index is 0.0925. The highest BCUT2D eigenvalue weighted by atomic mass is 16.6. The van der Waals surface area contributed by atoms with Crippen molar-refractivity contribution in [3.8, 4) is 0 Å². The zero-order chi connectivity index (χ0) is 20.2. The fourth-order valence-electron chi connectivity index (χ4n) is 2.02. The summed E-state index contributed by atoms with van der Waals surface area (Å²) in [4.78, 5) is 27.0. The lowest BCUT2D eigenvalue weighted by atomic mass is 10.0. The Morgan fingerprint density at radius 1 is 1.11 bits per heavy atom. The van der Waals surface area contributed by atoms with Gasteiger partial charge in [0.2, 0.25) is 0 Å². The van der Waals surface area contributed by atoms with Crippen LogP contribution < -0.4 is 5.32 Å². The fourth-order valence-corrected chi connectivity index (χ4v) is 2.02. The van der Waals surface area contributed by atoms with Gasteiger partial charge in [0.1, 0.15) is 26.5 Å². The topological polar surface area (TPSA) is 103 Å². The van der Waals surface area contributed by atoms with Crippen LogP contribution in [0.4, 0.5) is 0 Å². The molecular weight excluding hydrogens is 352 g/mol. The number of nitrogens with one attached hydrogen (secondary N) is 1. The Bertz CT molecular complexity index is 713. The SMILES string of the molecule is CNC(=O)/C(=N/OC)c1ccccc1CO/N=C(C)\C(=N/OC)OC(C)C. The number of benzene rings is 1. The monoisotopic (exact) mass is 378 g/mol. The van der Waals surface area contributed by atoms with Crippen LogP contribution in [0.1, 0.15) is 31.9 Å². The van der Waals surface area contributed by atoms with Crippen LogP contribution in [0.25, 0.3) is 0 Å². The standard InChI is InChI=1S/C18H26N4O5/c1-12(2)27-18(22-25-6)13(3)20-26-11-14-9-7-8-10-15(14)16(21-24-5)17(23)19-4/h7-10,12H,11H2,1-6H3,(H,19,23)/b20-13-,21-16+,22-18+. The molecular formula is C18H26N4O5. The maximum absolute atomic E-state index is 12.1. The number of oxime groups is 3. The van der Waals surface area contributed by atoms with E-state index in [-0.39, 0.29) is 30.2 Å². The third-order valence-electron chi connectivity index (χ3n) is 3.15. The van der Waals surface area contributed by atoms with Crippen LogP contribution in [-0.2, 0) is 30.7 Å². The maximum atomic E-state index is 12.1. The van der Waals surface area contributed by atoms with E-state index in [1.165, 1.54) is 21.3 Å². The highest BCUT2D eigenvalue weighted by Gasteiger charge is 2.17. The van der Waals surface area contributed by atoms with Gasteiger partial charge in [0, 0.05) is 18.2 Å². The molecule has 1 N–H and O–H groups in total. The van der Waals surface area contributed by atoms with Crippen molar-refractivity contribution in [1.29, 1.82) is 0 Å². The maximum Gasteiger partial charge on any atom is 0.275 e. The second-order valence-electron chi connectivity index (χ2n) is 5.55. The smallest absolute Gasteiger partial charge is 0.275 e. The van der Waals surface area contributed by atoms with Crippen LogP contribution >= 0.6 is 0 Å². The molecule has 0 spiro atoms. The van der Waals surface area contributed by atoms with Crippen LogP contribution in [0.5, 0.6) is 0 Å². The van der Waals surface area contributed by atoms with Gasteiger partial charge in [-0.05, 0) is 25.9 Å². The molecule has 1 rings (SSSR count). The van der Waals surface area contributed by atoms with Gasteiger partial charge in [0.05, 0.1) is 6.10 Å². The van der Waals surface area contributed by atoms with E-state index in [1.54, 1.807) is 19.1 Å². The van der Waals surface area contributed by atoms with Crippen LogP contribution in [0.2, 0.25) is 0 Å². The molecule has 1 aromatic carbocycles. The van der Waals surface area contributed by atoms with Gasteiger partial charge in [-0.1, -0.05) is 34.6 Å². The third-order valence-corrected chi connectivity index (χ3v) is 3.15. The van der Waals surface area contributed by atoms with Crippen molar-refractivity contribution in [1.82, 2.24) is 5.32 Å². The lowest BCUT2D eigenvalue weighted by Gasteiger charge is -2.12. The zero-order valence-corrected chi connectivity index (χ0v) is 16.5. The fraction of sp³-hybridized carbons (Fsp3) is 0.444. The van der Waals surface area contributed by atoms with Gasteiger partial charge in [-0.15, -0.1) is 0 Å². The lowest BCUT2D eigenvalue weighted by molar-refractivity contribution is -0.114. The Morgan fingerprint density at radius 3 is 2.37 bits per heavy atom. The number of nitrogens with zero attached hydrogens (tertiary/aromatic N) is 3. The molecule has 0 saturated heterocycles. The first-order chi connectivity index (χ1) is 12.9. The summed E-state index contributed by atoms with van der Waals surface area (Å²) < 4.78 is 5.52. The van der Waals surface area contributed by atoms with Crippen molar-refractivity contribution in [3.05, 3.63) is 35.4 Å². The summed E-state index contributed by atoms with van der Waals surface area (Å²) in [5.74, 6) is -0.142. The number of hydrogen-bond donors (Lipinski definition) is 1. The van der Waals surface area contributed by atoms with Crippen LogP contribution in [0.3, 0.4) is 0 Å². The number of likely N-dealkylation sites (N-methyl/N-ethyl adjacent to an activating group) is 1. The molecule has 148 valence electrons. The minimum atomic E-state index is -0.371. The average molecular weight is 378 g/mol. The summed E-state index contributed by atoms with van der Waals surface area (Å²) in [6.07, 6.45) is -0.0925. The molecule has 0 unspecified atom stereocenters. The van der Waals surface area contributed by atoms with Crippen LogP contribution in [-0.4, -0.2) is 50.6 Å². The first kappa shape index (κ1) is 21.9. The van der Waals surface area contributed by atoms with E-state index in [4.69, 9.17) is 19.2 Å². The Labute approximate surface area is 159 Å². The Hall–Kier alpha value is -3.10. The third kappa shape index (κ3) is 6.96. The van der Waals surface area contributed by atoms with Crippen molar-refractivity contribution in [2.24, 2.45) is 15.5 Å². The van der Waals surface area contributed by atoms with E-state index >= 15 is 0 Å². The molecule has 1 amide bonds. The van der Waals surface area contributed by atoms with Gasteiger partial charge in [0.15, 0.2) is 5.71 Å². The molecule has 0 heterocycles. The molecule has 0 aromatic heterocycles. The molecule has 0 saturated carbocycles. The molecule has 1 aromatic rings. The molecule has 0 fully saturated rings. The highest BCUT2D eigenvalue weighted by Crippen LogP contribution is 2.13. The first-order valence-electron chi connectivity index (χ1n) is 8.30. The first-order valence-corrected chi connectivity index (χ1v) is 8.30. The van der Waals surface area contributed by atoms with Gasteiger partial charge >= 0.3 is 0 Å². The number of carbonyl (C=O) groups is 1. The molecule has 9 nitrogen and oxygen atoms in total. The zero-order valence-electron chi connectivity index (χ0n) is 16.5. The van der Waals surface area contributed by atoms with Crippen molar-refractivity contribution in [2.45, 2.75) is 33.5 Å². The largest absolute Gasteiger partial charge is 0.472 e. The van der Waals surface area contributed by atoms with Gasteiger partial charge in [-0.25, -0.2) is 0 Å². The summed E-state index contributed by atoms with van der Waals surface area (Å²) >= 11 is 0. The van der Waals surface area contributed by atoms with Gasteiger partial charge < -0.3 is 24.6 Å². The summed E-state index contributed by atoms with van der Waals surface area (Å²) in [7, 11) is 4.32. The van der Waals surface area contributed by atoms with Gasteiger partial charge in [-0.3, -0.25) is 4.79 Å². The van der Waals surface area contributed by atoms with Crippen molar-refractivity contribution in [2.75, 3.05) is 21.3 Å². The van der Waals surface area contributed by atoms with Gasteiger partial charge in [0.25, 0.3) is 11.8 Å². The summed E-state index contributed by atoms with van der Waals surface area (Å²) in [6, 6.07) is 7.18. The molecule has 27 heavy (non-hydrogen) atoms. The van der Waals surface area contributed by atoms with Crippen LogP contribution in [0, 0.1) is 0 Å². The molecule has 0 atom stereocenters. The molecule has 0 bridgehead atoms. The number of carbonyl (C=O) groups excluding carboxylic acids is 1. The number of rotatable bonds is 9. The lowest BCUT2D eigenvalue weighted by Crippen LogP contribution is -2.29. The van der Waals surface area contributed by atoms with E-state index in [2.05, 4.69) is 20.8 Å². The average Bonchev–Trinajstić information content (AvgIpc) is 2.65. The predicted molar refractivity (Wildman–Crippen MR) is 103 cm³/mol. The number of hydrogen-bond acceptors (Lipinski definition) is 8. The van der Waals surface area contributed by atoms with E-state index < -0.39 is 0 Å². The van der Waals surface area contributed by atoms with Crippen molar-refractivity contribution in [3.63, 3.8) is 0 Å². The van der Waals surface area contributed by atoms with E-state index in [0.717, 1.165) is 0 Å².